The van der Waals surface area contributed by atoms with Gasteiger partial charge in [-0.15, -0.1) is 11.8 Å². The standard InChI is InChI=1S/C14H15N3OS/c18-14(16-13-6-7-15-17-13)9-19-12-5-4-10-2-1-3-11(10)8-12/h4-8H,1-3,9H2,(H2,15,16,17,18). The second-order valence-corrected chi connectivity index (χ2v) is 5.64. The van der Waals surface area contributed by atoms with Gasteiger partial charge in [0.15, 0.2) is 0 Å². The number of nitrogens with one attached hydrogen (secondary N) is 2. The molecule has 4 nitrogen and oxygen atoms in total. The number of benzene rings is 1. The van der Waals surface area contributed by atoms with E-state index in [0.717, 1.165) is 0 Å². The Balaban J connectivity index is 1.56. The van der Waals surface area contributed by atoms with Gasteiger partial charge in [-0.3, -0.25) is 9.89 Å². The minimum Gasteiger partial charge on any atom is -0.310 e. The zero-order chi connectivity index (χ0) is 13.1. The molecule has 1 heterocycles. The van der Waals surface area contributed by atoms with E-state index in [1.54, 1.807) is 24.0 Å². The molecule has 0 spiro atoms. The predicted molar refractivity (Wildman–Crippen MR) is 76.4 cm³/mol. The highest BCUT2D eigenvalue weighted by atomic mass is 32.2. The summed E-state index contributed by atoms with van der Waals surface area (Å²) in [7, 11) is 0. The van der Waals surface area contributed by atoms with E-state index < -0.39 is 0 Å². The van der Waals surface area contributed by atoms with Crippen LogP contribution in [0, 0.1) is 0 Å². The van der Waals surface area contributed by atoms with Crippen LogP contribution in [0.5, 0.6) is 0 Å². The summed E-state index contributed by atoms with van der Waals surface area (Å²) in [5.74, 6) is 1.03. The summed E-state index contributed by atoms with van der Waals surface area (Å²) in [6, 6.07) is 8.25. The largest absolute Gasteiger partial charge is 0.310 e. The molecule has 3 rings (SSSR count). The quantitative estimate of drug-likeness (QED) is 0.842. The summed E-state index contributed by atoms with van der Waals surface area (Å²) >= 11 is 1.57. The molecule has 5 heteroatoms. The highest BCUT2D eigenvalue weighted by Gasteiger charge is 2.11. The number of nitrogens with zero attached hydrogens (tertiary/aromatic N) is 1. The fourth-order valence-corrected chi connectivity index (χ4v) is 3.06. The third-order valence-corrected chi connectivity index (χ3v) is 4.21. The Morgan fingerprint density at radius 3 is 3.05 bits per heavy atom. The number of amides is 1. The summed E-state index contributed by atoms with van der Waals surface area (Å²) in [6.07, 6.45) is 5.23. The topological polar surface area (TPSA) is 57.8 Å². The molecule has 0 aliphatic heterocycles. The van der Waals surface area contributed by atoms with Crippen molar-refractivity contribution < 1.29 is 4.79 Å². The number of fused-ring (bicyclic) bond motifs is 1. The minimum atomic E-state index is -0.0188. The van der Waals surface area contributed by atoms with Gasteiger partial charge in [-0.25, -0.2) is 0 Å². The third-order valence-electron chi connectivity index (χ3n) is 3.21. The van der Waals surface area contributed by atoms with Crippen LogP contribution in [0.1, 0.15) is 17.5 Å². The van der Waals surface area contributed by atoms with Gasteiger partial charge in [0, 0.05) is 11.0 Å². The highest BCUT2D eigenvalue weighted by molar-refractivity contribution is 8.00. The van der Waals surface area contributed by atoms with Crippen LogP contribution in [-0.4, -0.2) is 21.9 Å². The van der Waals surface area contributed by atoms with Gasteiger partial charge in [0.1, 0.15) is 5.82 Å². The molecule has 0 unspecified atom stereocenters. The van der Waals surface area contributed by atoms with Crippen molar-refractivity contribution in [2.24, 2.45) is 0 Å². The summed E-state index contributed by atoms with van der Waals surface area (Å²) in [4.78, 5) is 12.9. The van der Waals surface area contributed by atoms with Gasteiger partial charge in [0.25, 0.3) is 0 Å². The van der Waals surface area contributed by atoms with E-state index >= 15 is 0 Å². The molecule has 1 amide bonds. The molecule has 1 aromatic heterocycles. The SMILES string of the molecule is O=C(CSc1ccc2c(c1)CCC2)Nc1ccn[nH]1. The minimum absolute atomic E-state index is 0.0188. The number of H-pyrrole nitrogens is 1. The summed E-state index contributed by atoms with van der Waals surface area (Å²) in [5, 5.41) is 9.26. The lowest BCUT2D eigenvalue weighted by molar-refractivity contribution is -0.113. The van der Waals surface area contributed by atoms with Crippen molar-refractivity contribution in [3.63, 3.8) is 0 Å². The normalized spacial score (nSPS) is 13.3. The number of aromatic amines is 1. The van der Waals surface area contributed by atoms with Crippen molar-refractivity contribution >= 4 is 23.5 Å². The maximum atomic E-state index is 11.7. The lowest BCUT2D eigenvalue weighted by Gasteiger charge is -2.05. The first-order valence-electron chi connectivity index (χ1n) is 6.35. The van der Waals surface area contributed by atoms with Crippen molar-refractivity contribution in [2.75, 3.05) is 11.1 Å². The lowest BCUT2D eigenvalue weighted by Crippen LogP contribution is -2.14. The van der Waals surface area contributed by atoms with Crippen molar-refractivity contribution in [2.45, 2.75) is 24.2 Å². The number of anilines is 1. The van der Waals surface area contributed by atoms with Gasteiger partial charge >= 0.3 is 0 Å². The molecule has 1 aromatic carbocycles. The van der Waals surface area contributed by atoms with Crippen LogP contribution in [-0.2, 0) is 17.6 Å². The number of thioether (sulfide) groups is 1. The van der Waals surface area contributed by atoms with Gasteiger partial charge in [0.2, 0.25) is 5.91 Å². The maximum Gasteiger partial charge on any atom is 0.235 e. The molecular formula is C14H15N3OS. The van der Waals surface area contributed by atoms with Crippen LogP contribution in [0.3, 0.4) is 0 Å². The van der Waals surface area contributed by atoms with Gasteiger partial charge in [0.05, 0.1) is 11.9 Å². The molecule has 19 heavy (non-hydrogen) atoms. The molecule has 98 valence electrons. The number of hydrogen-bond donors (Lipinski definition) is 2. The van der Waals surface area contributed by atoms with E-state index in [9.17, 15) is 4.79 Å². The number of rotatable bonds is 4. The smallest absolute Gasteiger partial charge is 0.235 e. The molecule has 0 saturated carbocycles. The second-order valence-electron chi connectivity index (χ2n) is 4.59. The molecule has 0 saturated heterocycles. The number of aromatic nitrogens is 2. The zero-order valence-electron chi connectivity index (χ0n) is 10.5. The average molecular weight is 273 g/mol. The van der Waals surface area contributed by atoms with Gasteiger partial charge in [-0.1, -0.05) is 6.07 Å². The van der Waals surface area contributed by atoms with Gasteiger partial charge < -0.3 is 5.32 Å². The molecule has 0 fully saturated rings. The number of carbonyl (C=O) groups is 1. The van der Waals surface area contributed by atoms with Crippen molar-refractivity contribution in [1.82, 2.24) is 10.2 Å². The summed E-state index contributed by atoms with van der Waals surface area (Å²) < 4.78 is 0. The Labute approximate surface area is 116 Å². The van der Waals surface area contributed by atoms with E-state index in [1.165, 1.54) is 35.3 Å². The Morgan fingerprint density at radius 1 is 1.32 bits per heavy atom. The van der Waals surface area contributed by atoms with Crippen molar-refractivity contribution in [3.8, 4) is 0 Å². The monoisotopic (exact) mass is 273 g/mol. The van der Waals surface area contributed by atoms with Crippen LogP contribution in [0.25, 0.3) is 0 Å². The molecule has 1 aliphatic rings. The summed E-state index contributed by atoms with van der Waals surface area (Å²) in [5.41, 5.74) is 2.91. The molecular weight excluding hydrogens is 258 g/mol. The van der Waals surface area contributed by atoms with Crippen LogP contribution in [0.2, 0.25) is 0 Å². The van der Waals surface area contributed by atoms with Gasteiger partial charge in [-0.2, -0.15) is 5.10 Å². The second kappa shape index (κ2) is 5.48. The molecule has 2 N–H and O–H groups in total. The van der Waals surface area contributed by atoms with Gasteiger partial charge in [-0.05, 0) is 42.5 Å². The summed E-state index contributed by atoms with van der Waals surface area (Å²) in [6.45, 7) is 0. The van der Waals surface area contributed by atoms with Crippen LogP contribution >= 0.6 is 11.8 Å². The fraction of sp³-hybridized carbons (Fsp3) is 0.286. The van der Waals surface area contributed by atoms with E-state index in [-0.39, 0.29) is 5.91 Å². The van der Waals surface area contributed by atoms with Crippen molar-refractivity contribution in [3.05, 3.63) is 41.6 Å². The Bertz CT molecular complexity index is 580. The average Bonchev–Trinajstić information content (AvgIpc) is 3.06. The molecule has 0 atom stereocenters. The number of aryl methyl sites for hydroxylation is 2. The third kappa shape index (κ3) is 2.98. The molecule has 0 radical (unpaired) electrons. The van der Waals surface area contributed by atoms with Crippen LogP contribution in [0.4, 0.5) is 5.82 Å². The number of carbonyl (C=O) groups excluding carboxylic acids is 1. The van der Waals surface area contributed by atoms with Crippen LogP contribution < -0.4 is 5.32 Å². The van der Waals surface area contributed by atoms with Crippen molar-refractivity contribution in [1.29, 1.82) is 0 Å². The van der Waals surface area contributed by atoms with E-state index in [0.29, 0.717) is 11.6 Å². The molecule has 1 aliphatic carbocycles. The van der Waals surface area contributed by atoms with Crippen LogP contribution in [0.15, 0.2) is 35.4 Å². The molecule has 2 aromatic rings. The highest BCUT2D eigenvalue weighted by Crippen LogP contribution is 2.27. The zero-order valence-corrected chi connectivity index (χ0v) is 11.3. The first-order valence-corrected chi connectivity index (χ1v) is 7.34. The first kappa shape index (κ1) is 12.3. The van der Waals surface area contributed by atoms with E-state index in [2.05, 4.69) is 33.7 Å². The molecule has 0 bridgehead atoms. The van der Waals surface area contributed by atoms with E-state index in [4.69, 9.17) is 0 Å². The fourth-order valence-electron chi connectivity index (χ4n) is 2.30. The Kier molecular flexibility index (Phi) is 3.55. The predicted octanol–water partition coefficient (Wildman–Crippen LogP) is 2.63. The lowest BCUT2D eigenvalue weighted by atomic mass is 10.1. The number of hydrogen-bond acceptors (Lipinski definition) is 3. The first-order chi connectivity index (χ1) is 9.31. The Hall–Kier alpha value is -1.75. The Morgan fingerprint density at radius 2 is 2.21 bits per heavy atom. The van der Waals surface area contributed by atoms with E-state index in [1.807, 2.05) is 0 Å². The maximum absolute atomic E-state index is 11.7.